The molecule has 0 radical (unpaired) electrons. The monoisotopic (exact) mass is 513 g/mol. The summed E-state index contributed by atoms with van der Waals surface area (Å²) >= 11 is 0. The molecule has 0 bridgehead atoms. The first-order valence-electron chi connectivity index (χ1n) is 12.6. The lowest BCUT2D eigenvalue weighted by atomic mass is 9.88. The molecule has 2 aromatic rings. The number of amides is 2. The van der Waals surface area contributed by atoms with Gasteiger partial charge in [-0.05, 0) is 81.3 Å². The molecule has 2 saturated heterocycles. The highest BCUT2D eigenvalue weighted by molar-refractivity contribution is 7.89. The zero-order valence-corrected chi connectivity index (χ0v) is 21.8. The molecular weight excluding hydrogens is 478 g/mol. The average molecular weight is 514 g/mol. The summed E-state index contributed by atoms with van der Waals surface area (Å²) in [7, 11) is -2.04. The van der Waals surface area contributed by atoms with E-state index in [-0.39, 0.29) is 22.6 Å². The molecule has 2 aliphatic heterocycles. The van der Waals surface area contributed by atoms with E-state index in [1.54, 1.807) is 55.6 Å². The van der Waals surface area contributed by atoms with E-state index in [1.807, 2.05) is 11.8 Å². The fraction of sp³-hybridized carbons (Fsp3) is 0.481. The van der Waals surface area contributed by atoms with Crippen LogP contribution < -0.4 is 10.1 Å². The molecular formula is C27H35N3O5S. The molecule has 36 heavy (non-hydrogen) atoms. The second-order valence-electron chi connectivity index (χ2n) is 9.62. The normalized spacial score (nSPS) is 18.4. The molecule has 2 heterocycles. The van der Waals surface area contributed by atoms with Crippen LogP contribution in [0.3, 0.4) is 0 Å². The summed E-state index contributed by atoms with van der Waals surface area (Å²) < 4.78 is 32.9. The van der Waals surface area contributed by atoms with Crippen LogP contribution in [0.5, 0.6) is 5.75 Å². The molecule has 1 N–H and O–H groups in total. The Morgan fingerprint density at radius 3 is 2.11 bits per heavy atom. The summed E-state index contributed by atoms with van der Waals surface area (Å²) in [5.74, 6) is 0.111. The first kappa shape index (κ1) is 26.2. The lowest BCUT2D eigenvalue weighted by Gasteiger charge is -2.38. The van der Waals surface area contributed by atoms with E-state index in [4.69, 9.17) is 4.74 Å². The second kappa shape index (κ2) is 11.4. The van der Waals surface area contributed by atoms with Crippen molar-refractivity contribution in [2.75, 3.05) is 33.3 Å². The Labute approximate surface area is 213 Å². The maximum Gasteiger partial charge on any atom is 0.251 e. The third-order valence-electron chi connectivity index (χ3n) is 7.20. The Hall–Kier alpha value is -2.91. The van der Waals surface area contributed by atoms with Crippen molar-refractivity contribution < 1.29 is 22.7 Å². The summed E-state index contributed by atoms with van der Waals surface area (Å²) in [6, 6.07) is 12.9. The maximum absolute atomic E-state index is 13.6. The number of methoxy groups -OCH3 is 1. The Morgan fingerprint density at radius 2 is 1.53 bits per heavy atom. The van der Waals surface area contributed by atoms with Gasteiger partial charge in [0.15, 0.2) is 0 Å². The lowest BCUT2D eigenvalue weighted by Crippen LogP contribution is -2.55. The minimum Gasteiger partial charge on any atom is -0.497 e. The predicted octanol–water partition coefficient (Wildman–Crippen LogP) is 3.22. The zero-order valence-electron chi connectivity index (χ0n) is 21.0. The standard InChI is InChI=1S/C27H35N3O5S/c1-20-6-12-24(13-7-20)36(33,34)30-18-14-21(15-19-30)25(27(32)29-16-4-3-5-17-29)28-26(31)22-8-10-23(35-2)11-9-22/h6-13,21,25H,3-5,14-19H2,1-2H3,(H,28,31)/t25-/m0/s1. The maximum atomic E-state index is 13.6. The molecule has 4 rings (SSSR count). The number of hydrogen-bond donors (Lipinski definition) is 1. The zero-order chi connectivity index (χ0) is 25.7. The van der Waals surface area contributed by atoms with Crippen molar-refractivity contribution in [2.24, 2.45) is 5.92 Å². The van der Waals surface area contributed by atoms with Crippen LogP contribution in [0.25, 0.3) is 0 Å². The van der Waals surface area contributed by atoms with Crippen molar-refractivity contribution in [3.8, 4) is 5.75 Å². The van der Waals surface area contributed by atoms with Crippen molar-refractivity contribution in [1.29, 1.82) is 0 Å². The van der Waals surface area contributed by atoms with Crippen molar-refractivity contribution in [2.45, 2.75) is 50.0 Å². The van der Waals surface area contributed by atoms with E-state index < -0.39 is 16.1 Å². The van der Waals surface area contributed by atoms with Gasteiger partial charge in [-0.3, -0.25) is 9.59 Å². The Kier molecular flexibility index (Phi) is 8.31. The fourth-order valence-electron chi connectivity index (χ4n) is 4.97. The Morgan fingerprint density at radius 1 is 0.917 bits per heavy atom. The van der Waals surface area contributed by atoms with Crippen LogP contribution in [0.2, 0.25) is 0 Å². The van der Waals surface area contributed by atoms with Crippen LogP contribution >= 0.6 is 0 Å². The first-order chi connectivity index (χ1) is 17.3. The lowest BCUT2D eigenvalue weighted by molar-refractivity contribution is -0.135. The number of carbonyl (C=O) groups excluding carboxylic acids is 2. The van der Waals surface area contributed by atoms with Gasteiger partial charge in [0.25, 0.3) is 5.91 Å². The predicted molar refractivity (Wildman–Crippen MR) is 137 cm³/mol. The molecule has 2 aromatic carbocycles. The quantitative estimate of drug-likeness (QED) is 0.613. The van der Waals surface area contributed by atoms with Crippen LogP contribution in [0.1, 0.15) is 48.0 Å². The minimum atomic E-state index is -3.60. The number of carbonyl (C=O) groups is 2. The summed E-state index contributed by atoms with van der Waals surface area (Å²) in [6.07, 6.45) is 4.01. The van der Waals surface area contributed by atoms with Crippen molar-refractivity contribution in [3.05, 3.63) is 59.7 Å². The molecule has 2 amide bonds. The van der Waals surface area contributed by atoms with Crippen LogP contribution in [0, 0.1) is 12.8 Å². The Balaban J connectivity index is 1.49. The number of rotatable bonds is 7. The van der Waals surface area contributed by atoms with E-state index in [1.165, 1.54) is 4.31 Å². The van der Waals surface area contributed by atoms with Gasteiger partial charge in [0, 0.05) is 31.7 Å². The third-order valence-corrected chi connectivity index (χ3v) is 9.11. The third kappa shape index (κ3) is 5.90. The van der Waals surface area contributed by atoms with Gasteiger partial charge < -0.3 is 15.0 Å². The molecule has 0 aliphatic carbocycles. The van der Waals surface area contributed by atoms with Gasteiger partial charge in [0.2, 0.25) is 15.9 Å². The number of nitrogens with one attached hydrogen (secondary N) is 1. The highest BCUT2D eigenvalue weighted by Gasteiger charge is 2.38. The number of likely N-dealkylation sites (tertiary alicyclic amines) is 1. The van der Waals surface area contributed by atoms with Gasteiger partial charge in [0.05, 0.1) is 12.0 Å². The summed E-state index contributed by atoms with van der Waals surface area (Å²) in [5.41, 5.74) is 1.45. The molecule has 0 spiro atoms. The molecule has 2 fully saturated rings. The van der Waals surface area contributed by atoms with Crippen molar-refractivity contribution in [3.63, 3.8) is 0 Å². The van der Waals surface area contributed by atoms with E-state index in [0.29, 0.717) is 50.3 Å². The van der Waals surface area contributed by atoms with Crippen LogP contribution in [-0.2, 0) is 14.8 Å². The highest BCUT2D eigenvalue weighted by atomic mass is 32.2. The minimum absolute atomic E-state index is 0.0728. The largest absolute Gasteiger partial charge is 0.497 e. The SMILES string of the molecule is COc1ccc(C(=O)N[C@H](C(=O)N2CCCCC2)C2CCN(S(=O)(=O)c3ccc(C)cc3)CC2)cc1. The van der Waals surface area contributed by atoms with E-state index in [0.717, 1.165) is 24.8 Å². The van der Waals surface area contributed by atoms with Gasteiger partial charge in [-0.1, -0.05) is 17.7 Å². The molecule has 0 unspecified atom stereocenters. The molecule has 0 aromatic heterocycles. The topological polar surface area (TPSA) is 96.0 Å². The average Bonchev–Trinajstić information content (AvgIpc) is 2.92. The number of aryl methyl sites for hydroxylation is 1. The Bertz CT molecular complexity index is 1150. The number of hydrogen-bond acceptors (Lipinski definition) is 5. The fourth-order valence-corrected chi connectivity index (χ4v) is 6.44. The van der Waals surface area contributed by atoms with Crippen molar-refractivity contribution in [1.82, 2.24) is 14.5 Å². The second-order valence-corrected chi connectivity index (χ2v) is 11.6. The van der Waals surface area contributed by atoms with Crippen LogP contribution in [0.15, 0.2) is 53.4 Å². The molecule has 0 saturated carbocycles. The van der Waals surface area contributed by atoms with Crippen LogP contribution in [0.4, 0.5) is 0 Å². The summed E-state index contributed by atoms with van der Waals surface area (Å²) in [6.45, 7) is 3.91. The number of piperidine rings is 2. The molecule has 194 valence electrons. The van der Waals surface area contributed by atoms with Crippen LogP contribution in [-0.4, -0.2) is 68.8 Å². The summed E-state index contributed by atoms with van der Waals surface area (Å²) in [4.78, 5) is 28.8. The number of sulfonamides is 1. The number of benzene rings is 2. The first-order valence-corrected chi connectivity index (χ1v) is 14.0. The number of nitrogens with zero attached hydrogens (tertiary/aromatic N) is 2. The molecule has 1 atom stereocenters. The smallest absolute Gasteiger partial charge is 0.251 e. The summed E-state index contributed by atoms with van der Waals surface area (Å²) in [5, 5.41) is 2.99. The van der Waals surface area contributed by atoms with Gasteiger partial charge in [-0.2, -0.15) is 4.31 Å². The van der Waals surface area contributed by atoms with E-state index in [9.17, 15) is 18.0 Å². The van der Waals surface area contributed by atoms with Gasteiger partial charge in [-0.25, -0.2) is 8.42 Å². The van der Waals surface area contributed by atoms with Gasteiger partial charge >= 0.3 is 0 Å². The molecule has 8 nitrogen and oxygen atoms in total. The molecule has 9 heteroatoms. The highest BCUT2D eigenvalue weighted by Crippen LogP contribution is 2.28. The van der Waals surface area contributed by atoms with E-state index in [2.05, 4.69) is 5.32 Å². The van der Waals surface area contributed by atoms with Gasteiger partial charge in [0.1, 0.15) is 11.8 Å². The van der Waals surface area contributed by atoms with Crippen molar-refractivity contribution >= 4 is 21.8 Å². The van der Waals surface area contributed by atoms with E-state index >= 15 is 0 Å². The van der Waals surface area contributed by atoms with Gasteiger partial charge in [-0.15, -0.1) is 0 Å². The molecule has 2 aliphatic rings. The number of ether oxygens (including phenoxy) is 1.